The minimum Gasteiger partial charge on any atom is -0.464 e. The Morgan fingerprint density at radius 3 is 2.47 bits per heavy atom. The zero-order valence-electron chi connectivity index (χ0n) is 21.2. The first-order valence-corrected chi connectivity index (χ1v) is 15.5. The van der Waals surface area contributed by atoms with Gasteiger partial charge in [-0.3, -0.25) is 9.59 Å². The summed E-state index contributed by atoms with van der Waals surface area (Å²) in [5, 5.41) is 3.72. The summed E-state index contributed by atoms with van der Waals surface area (Å²) in [5.74, 6) is -1.41. The average molecular weight is 490 g/mol. The van der Waals surface area contributed by atoms with E-state index >= 15 is 0 Å². The molecular weight excluding hydrogens is 450 g/mol. The predicted molar refractivity (Wildman–Crippen MR) is 136 cm³/mol. The Hall–Kier alpha value is -2.65. The van der Waals surface area contributed by atoms with Gasteiger partial charge < -0.3 is 25.5 Å². The maximum atomic E-state index is 12.9. The van der Waals surface area contributed by atoms with E-state index in [1.54, 1.807) is 20.8 Å². The molecule has 0 saturated heterocycles. The van der Waals surface area contributed by atoms with Crippen LogP contribution in [-0.4, -0.2) is 55.2 Å². The Labute approximate surface area is 203 Å². The monoisotopic (exact) mass is 489 g/mol. The van der Waals surface area contributed by atoms with Gasteiger partial charge in [0.1, 0.15) is 11.6 Å². The van der Waals surface area contributed by atoms with Crippen molar-refractivity contribution in [1.82, 2.24) is 10.3 Å². The van der Waals surface area contributed by atoms with Crippen molar-refractivity contribution in [2.24, 2.45) is 5.73 Å². The van der Waals surface area contributed by atoms with Crippen LogP contribution in [0.2, 0.25) is 25.7 Å². The molecule has 1 aromatic carbocycles. The summed E-state index contributed by atoms with van der Waals surface area (Å²) in [6.45, 7) is 12.3. The van der Waals surface area contributed by atoms with Crippen LogP contribution < -0.4 is 11.1 Å². The van der Waals surface area contributed by atoms with Crippen LogP contribution in [0.25, 0.3) is 10.9 Å². The number of fused-ring (bicyclic) bond motifs is 1. The summed E-state index contributed by atoms with van der Waals surface area (Å²) >= 11 is 0. The number of nitrogens with two attached hydrogens (primary N) is 1. The van der Waals surface area contributed by atoms with Crippen LogP contribution in [-0.2, 0) is 30.3 Å². The van der Waals surface area contributed by atoms with Crippen molar-refractivity contribution in [2.75, 3.05) is 6.61 Å². The molecular formula is C25H39N3O5Si. The van der Waals surface area contributed by atoms with Crippen molar-refractivity contribution in [3.05, 3.63) is 36.0 Å². The number of carbonyl (C=O) groups excluding carboxylic acids is 3. The van der Waals surface area contributed by atoms with Gasteiger partial charge in [0.25, 0.3) is 0 Å². The van der Waals surface area contributed by atoms with E-state index in [1.807, 2.05) is 30.5 Å². The lowest BCUT2D eigenvalue weighted by molar-refractivity contribution is -0.155. The molecule has 2 atom stereocenters. The number of ether oxygens (including phenoxy) is 2. The van der Waals surface area contributed by atoms with Gasteiger partial charge in [0.05, 0.1) is 12.6 Å². The first-order chi connectivity index (χ1) is 15.7. The lowest BCUT2D eigenvalue weighted by atomic mass is 10.0. The molecule has 2 rings (SSSR count). The van der Waals surface area contributed by atoms with Gasteiger partial charge in [-0.2, -0.15) is 0 Å². The number of esters is 2. The number of H-pyrrole nitrogens is 1. The maximum Gasteiger partial charge on any atom is 0.328 e. The number of hydrogen-bond donors (Lipinski definition) is 3. The predicted octanol–water partition coefficient (Wildman–Crippen LogP) is 3.53. The molecule has 1 amide bonds. The zero-order chi connectivity index (χ0) is 25.5. The third-order valence-electron chi connectivity index (χ3n) is 5.21. The molecule has 0 saturated carbocycles. The fourth-order valence-corrected chi connectivity index (χ4v) is 4.06. The van der Waals surface area contributed by atoms with Crippen molar-refractivity contribution >= 4 is 36.8 Å². The third-order valence-corrected chi connectivity index (χ3v) is 6.92. The molecule has 8 nitrogen and oxygen atoms in total. The summed E-state index contributed by atoms with van der Waals surface area (Å²) in [6.07, 6.45) is 2.23. The molecule has 0 aliphatic rings. The highest BCUT2D eigenvalue weighted by molar-refractivity contribution is 6.76. The molecule has 0 radical (unpaired) electrons. The largest absolute Gasteiger partial charge is 0.464 e. The fourth-order valence-electron chi connectivity index (χ4n) is 3.35. The lowest BCUT2D eigenvalue weighted by Gasteiger charge is -2.22. The van der Waals surface area contributed by atoms with Gasteiger partial charge in [-0.1, -0.05) is 37.8 Å². The number of aromatic nitrogens is 1. The highest BCUT2D eigenvalue weighted by Gasteiger charge is 2.27. The van der Waals surface area contributed by atoms with Crippen molar-refractivity contribution < 1.29 is 23.9 Å². The lowest BCUT2D eigenvalue weighted by Crippen LogP contribution is -2.50. The number of benzene rings is 1. The van der Waals surface area contributed by atoms with Gasteiger partial charge in [0, 0.05) is 38.0 Å². The van der Waals surface area contributed by atoms with Crippen molar-refractivity contribution in [2.45, 2.75) is 83.4 Å². The van der Waals surface area contributed by atoms with Crippen LogP contribution in [0.4, 0.5) is 0 Å². The second-order valence-electron chi connectivity index (χ2n) is 10.8. The first kappa shape index (κ1) is 27.6. The number of rotatable bonds is 11. The number of para-hydroxylation sites is 1. The van der Waals surface area contributed by atoms with E-state index in [-0.39, 0.29) is 19.3 Å². The standard InChI is InChI=1S/C25H39N3O5Si/c1-25(2,3)33-22(29)12-11-19(26)23(30)28-21(24(31)32-13-14-34(4,5)6)15-17-16-27-20-10-8-7-9-18(17)20/h7-10,16,19,21,27H,11-15,26H2,1-6H3,(H,28,30)/t19-,21+/m1/s1. The topological polar surface area (TPSA) is 124 Å². The highest BCUT2D eigenvalue weighted by Crippen LogP contribution is 2.20. The quantitative estimate of drug-likeness (QED) is 0.328. The number of aromatic amines is 1. The van der Waals surface area contributed by atoms with E-state index in [1.165, 1.54) is 0 Å². The van der Waals surface area contributed by atoms with Gasteiger partial charge in [-0.15, -0.1) is 0 Å². The molecule has 34 heavy (non-hydrogen) atoms. The molecule has 0 bridgehead atoms. The number of carbonyl (C=O) groups is 3. The van der Waals surface area contributed by atoms with E-state index < -0.39 is 43.6 Å². The molecule has 1 aromatic heterocycles. The average Bonchev–Trinajstić information content (AvgIpc) is 3.12. The van der Waals surface area contributed by atoms with Crippen LogP contribution in [0.1, 0.15) is 39.2 Å². The molecule has 0 unspecified atom stereocenters. The van der Waals surface area contributed by atoms with E-state index in [9.17, 15) is 14.4 Å². The molecule has 2 aromatic rings. The van der Waals surface area contributed by atoms with Crippen molar-refractivity contribution in [1.29, 1.82) is 0 Å². The van der Waals surface area contributed by atoms with Crippen molar-refractivity contribution in [3.8, 4) is 0 Å². The Morgan fingerprint density at radius 1 is 1.15 bits per heavy atom. The Bertz CT molecular complexity index is 990. The van der Waals surface area contributed by atoms with Crippen molar-refractivity contribution in [3.63, 3.8) is 0 Å². The fraction of sp³-hybridized carbons (Fsp3) is 0.560. The van der Waals surface area contributed by atoms with E-state index in [0.717, 1.165) is 22.5 Å². The van der Waals surface area contributed by atoms with E-state index in [4.69, 9.17) is 15.2 Å². The first-order valence-electron chi connectivity index (χ1n) is 11.7. The molecule has 1 heterocycles. The van der Waals surface area contributed by atoms with Crippen LogP contribution >= 0.6 is 0 Å². The minimum absolute atomic E-state index is 0.0135. The molecule has 4 N–H and O–H groups in total. The van der Waals surface area contributed by atoms with Gasteiger partial charge in [0.2, 0.25) is 5.91 Å². The summed E-state index contributed by atoms with van der Waals surface area (Å²) in [7, 11) is -1.38. The third kappa shape index (κ3) is 9.30. The Kier molecular flexibility index (Phi) is 9.46. The second kappa shape index (κ2) is 11.7. The SMILES string of the molecule is CC(C)(C)OC(=O)CC[C@@H](N)C(=O)N[C@@H](Cc1c[nH]c2ccccc12)C(=O)OCC[Si](C)(C)C. The zero-order valence-corrected chi connectivity index (χ0v) is 22.2. The Morgan fingerprint density at radius 2 is 1.82 bits per heavy atom. The molecule has 0 fully saturated rings. The summed E-state index contributed by atoms with van der Waals surface area (Å²) < 4.78 is 10.8. The van der Waals surface area contributed by atoms with Gasteiger partial charge in [-0.25, -0.2) is 4.79 Å². The number of hydrogen-bond acceptors (Lipinski definition) is 6. The number of amides is 1. The van der Waals surface area contributed by atoms with Crippen LogP contribution in [0, 0.1) is 0 Å². The molecule has 0 aliphatic carbocycles. The molecule has 0 spiro atoms. The normalized spacial score (nSPS) is 13.9. The van der Waals surface area contributed by atoms with Crippen LogP contribution in [0.15, 0.2) is 30.5 Å². The Balaban J connectivity index is 2.06. The molecule has 188 valence electrons. The minimum atomic E-state index is -1.38. The van der Waals surface area contributed by atoms with Crippen LogP contribution in [0.5, 0.6) is 0 Å². The van der Waals surface area contributed by atoms with Gasteiger partial charge >= 0.3 is 11.9 Å². The van der Waals surface area contributed by atoms with E-state index in [2.05, 4.69) is 29.9 Å². The summed E-state index contributed by atoms with van der Waals surface area (Å²) in [6, 6.07) is 6.76. The second-order valence-corrected chi connectivity index (χ2v) is 16.5. The number of nitrogens with one attached hydrogen (secondary N) is 2. The maximum absolute atomic E-state index is 12.9. The highest BCUT2D eigenvalue weighted by atomic mass is 28.3. The molecule has 0 aliphatic heterocycles. The van der Waals surface area contributed by atoms with Gasteiger partial charge in [0.15, 0.2) is 0 Å². The van der Waals surface area contributed by atoms with Crippen LogP contribution in [0.3, 0.4) is 0 Å². The summed E-state index contributed by atoms with van der Waals surface area (Å²) in [4.78, 5) is 40.9. The van der Waals surface area contributed by atoms with E-state index in [0.29, 0.717) is 6.61 Å². The summed E-state index contributed by atoms with van der Waals surface area (Å²) in [5.41, 5.74) is 7.26. The van der Waals surface area contributed by atoms with Gasteiger partial charge in [-0.05, 0) is 44.9 Å². The smallest absolute Gasteiger partial charge is 0.328 e. The molecule has 9 heteroatoms.